The number of aryl methyl sites for hydroxylation is 1. The molecule has 1 aliphatic rings. The molecule has 0 atom stereocenters. The Morgan fingerprint density at radius 3 is 2.61 bits per heavy atom. The lowest BCUT2D eigenvalue weighted by molar-refractivity contribution is -0.143. The highest BCUT2D eigenvalue weighted by atomic mass is 32.2. The molecule has 0 bridgehead atoms. The number of carbonyl (C=O) groups excluding carboxylic acids is 1. The fourth-order valence-corrected chi connectivity index (χ4v) is 5.75. The maximum atomic E-state index is 13.2. The minimum atomic E-state index is -0.736. The van der Waals surface area contributed by atoms with Gasteiger partial charge in [-0.15, -0.1) is 11.3 Å². The van der Waals surface area contributed by atoms with Crippen molar-refractivity contribution in [3.8, 4) is 0 Å². The normalized spacial score (nSPS) is 18.3. The van der Waals surface area contributed by atoms with Gasteiger partial charge in [-0.1, -0.05) is 41.6 Å². The molecule has 3 aromatic rings. The molecule has 1 amide bonds. The van der Waals surface area contributed by atoms with Crippen molar-refractivity contribution >= 4 is 45.2 Å². The number of nitrogens with zero attached hydrogens (tertiary/aromatic N) is 2. The van der Waals surface area contributed by atoms with Gasteiger partial charge in [0, 0.05) is 13.1 Å². The fraction of sp³-hybridized carbons (Fsp3) is 0.417. The zero-order valence-corrected chi connectivity index (χ0v) is 20.1. The summed E-state index contributed by atoms with van der Waals surface area (Å²) in [5.41, 5.74) is 2.77. The number of amides is 1. The third kappa shape index (κ3) is 5.83. The van der Waals surface area contributed by atoms with Crippen molar-refractivity contribution in [3.63, 3.8) is 0 Å². The highest BCUT2D eigenvalue weighted by molar-refractivity contribution is 7.99. The van der Waals surface area contributed by atoms with E-state index in [1.54, 1.807) is 4.57 Å². The average molecular weight is 486 g/mol. The van der Waals surface area contributed by atoms with E-state index in [1.807, 2.05) is 42.6 Å². The van der Waals surface area contributed by atoms with E-state index in [4.69, 9.17) is 0 Å². The molecule has 1 saturated carbocycles. The van der Waals surface area contributed by atoms with Gasteiger partial charge in [0.2, 0.25) is 5.91 Å². The molecule has 0 unspecified atom stereocenters. The van der Waals surface area contributed by atoms with Crippen molar-refractivity contribution in [1.29, 1.82) is 0 Å². The van der Waals surface area contributed by atoms with Gasteiger partial charge in [-0.05, 0) is 55.5 Å². The zero-order chi connectivity index (χ0) is 23.4. The van der Waals surface area contributed by atoms with E-state index in [2.05, 4.69) is 10.3 Å². The summed E-state index contributed by atoms with van der Waals surface area (Å²) in [7, 11) is 0. The Morgan fingerprint density at radius 1 is 1.18 bits per heavy atom. The van der Waals surface area contributed by atoms with E-state index < -0.39 is 5.97 Å². The number of nitrogens with one attached hydrogen (secondary N) is 1. The van der Waals surface area contributed by atoms with E-state index in [-0.39, 0.29) is 29.1 Å². The molecule has 2 aromatic heterocycles. The van der Waals surface area contributed by atoms with E-state index >= 15 is 0 Å². The fourth-order valence-electron chi connectivity index (χ4n) is 4.13. The van der Waals surface area contributed by atoms with Crippen LogP contribution in [-0.4, -0.2) is 32.3 Å². The predicted octanol–water partition coefficient (Wildman–Crippen LogP) is 4.07. The Kier molecular flexibility index (Phi) is 7.49. The van der Waals surface area contributed by atoms with Crippen molar-refractivity contribution < 1.29 is 14.7 Å². The van der Waals surface area contributed by atoms with Crippen molar-refractivity contribution in [2.24, 2.45) is 11.8 Å². The summed E-state index contributed by atoms with van der Waals surface area (Å²) >= 11 is 2.64. The number of aliphatic carboxylic acids is 1. The van der Waals surface area contributed by atoms with Gasteiger partial charge in [-0.2, -0.15) is 0 Å². The minimum absolute atomic E-state index is 0.0853. The van der Waals surface area contributed by atoms with Gasteiger partial charge in [0.1, 0.15) is 4.70 Å². The van der Waals surface area contributed by atoms with Crippen molar-refractivity contribution in [2.45, 2.75) is 50.9 Å². The average Bonchev–Trinajstić information content (AvgIpc) is 3.28. The molecule has 7 nitrogen and oxygen atoms in total. The first-order valence-corrected chi connectivity index (χ1v) is 12.9. The molecule has 1 aliphatic carbocycles. The smallest absolute Gasteiger partial charge is 0.306 e. The van der Waals surface area contributed by atoms with Gasteiger partial charge in [0.15, 0.2) is 5.16 Å². The van der Waals surface area contributed by atoms with Crippen LogP contribution < -0.4 is 10.9 Å². The van der Waals surface area contributed by atoms with Gasteiger partial charge in [-0.3, -0.25) is 19.0 Å². The Balaban J connectivity index is 1.43. The Bertz CT molecular complexity index is 1190. The molecule has 174 valence electrons. The Labute approximate surface area is 200 Å². The van der Waals surface area contributed by atoms with Crippen LogP contribution in [0.5, 0.6) is 0 Å². The number of carboxylic acids is 1. The second kappa shape index (κ2) is 10.5. The molecule has 0 saturated heterocycles. The number of carbonyl (C=O) groups is 2. The molecule has 4 rings (SSSR count). The Morgan fingerprint density at radius 2 is 1.91 bits per heavy atom. The summed E-state index contributed by atoms with van der Waals surface area (Å²) in [6.07, 6.45) is 2.81. The lowest BCUT2D eigenvalue weighted by Gasteiger charge is -2.27. The SMILES string of the molecule is Cc1ccc(CNC(=O)CSc2nc3ccsc3c(=O)n2CC2CCC(C(=O)O)CC2)cc1. The molecule has 9 heteroatoms. The molecular weight excluding hydrogens is 458 g/mol. The lowest BCUT2D eigenvalue weighted by Crippen LogP contribution is -2.30. The Hall–Kier alpha value is -2.65. The van der Waals surface area contributed by atoms with Gasteiger partial charge in [0.05, 0.1) is 17.2 Å². The first-order chi connectivity index (χ1) is 15.9. The molecule has 33 heavy (non-hydrogen) atoms. The van der Waals surface area contributed by atoms with Crippen LogP contribution in [0.2, 0.25) is 0 Å². The quantitative estimate of drug-likeness (QED) is 0.369. The molecule has 2 heterocycles. The molecule has 0 radical (unpaired) electrons. The van der Waals surface area contributed by atoms with Crippen LogP contribution in [-0.2, 0) is 22.7 Å². The van der Waals surface area contributed by atoms with Crippen LogP contribution in [0, 0.1) is 18.8 Å². The van der Waals surface area contributed by atoms with Crippen LogP contribution in [0.3, 0.4) is 0 Å². The number of carboxylic acid groups (broad SMARTS) is 1. The zero-order valence-electron chi connectivity index (χ0n) is 18.5. The van der Waals surface area contributed by atoms with E-state index in [0.29, 0.717) is 41.3 Å². The molecule has 0 aliphatic heterocycles. The molecule has 1 aromatic carbocycles. The van der Waals surface area contributed by atoms with Gasteiger partial charge in [0.25, 0.3) is 5.56 Å². The predicted molar refractivity (Wildman–Crippen MR) is 131 cm³/mol. The van der Waals surface area contributed by atoms with Crippen LogP contribution in [0.4, 0.5) is 0 Å². The number of benzene rings is 1. The van der Waals surface area contributed by atoms with Gasteiger partial charge >= 0.3 is 5.97 Å². The van der Waals surface area contributed by atoms with Crippen LogP contribution in [0.25, 0.3) is 10.2 Å². The molecule has 2 N–H and O–H groups in total. The minimum Gasteiger partial charge on any atom is -0.481 e. The summed E-state index contributed by atoms with van der Waals surface area (Å²) in [5, 5.41) is 14.6. The van der Waals surface area contributed by atoms with E-state index in [0.717, 1.165) is 18.4 Å². The number of aromatic nitrogens is 2. The molecule has 1 fully saturated rings. The largest absolute Gasteiger partial charge is 0.481 e. The van der Waals surface area contributed by atoms with Crippen molar-refractivity contribution in [3.05, 3.63) is 57.2 Å². The highest BCUT2D eigenvalue weighted by Gasteiger charge is 2.27. The van der Waals surface area contributed by atoms with Crippen LogP contribution in [0.15, 0.2) is 45.7 Å². The maximum Gasteiger partial charge on any atom is 0.306 e. The second-order valence-corrected chi connectivity index (χ2v) is 10.4. The second-order valence-electron chi connectivity index (χ2n) is 8.55. The summed E-state index contributed by atoms with van der Waals surface area (Å²) in [6.45, 7) is 2.98. The van der Waals surface area contributed by atoms with Crippen molar-refractivity contribution in [2.75, 3.05) is 5.75 Å². The lowest BCUT2D eigenvalue weighted by atomic mass is 9.82. The first-order valence-electron chi connectivity index (χ1n) is 11.1. The standard InChI is InChI=1S/C24H27N3O4S2/c1-15-2-4-16(5-3-15)12-25-20(28)14-33-24-26-19-10-11-32-21(19)22(29)27(24)13-17-6-8-18(9-7-17)23(30)31/h2-5,10-11,17-18H,6-9,12-14H2,1H3,(H,25,28)(H,30,31). The van der Waals surface area contributed by atoms with E-state index in [1.165, 1.54) is 28.7 Å². The van der Waals surface area contributed by atoms with Gasteiger partial charge in [-0.25, -0.2) is 4.98 Å². The summed E-state index contributed by atoms with van der Waals surface area (Å²) in [4.78, 5) is 41.5. The van der Waals surface area contributed by atoms with Crippen LogP contribution in [0.1, 0.15) is 36.8 Å². The number of thiophene rings is 1. The summed E-state index contributed by atoms with van der Waals surface area (Å²) in [6, 6.07) is 9.83. The first kappa shape index (κ1) is 23.5. The number of rotatable bonds is 8. The maximum absolute atomic E-state index is 13.2. The number of thioether (sulfide) groups is 1. The van der Waals surface area contributed by atoms with Gasteiger partial charge < -0.3 is 10.4 Å². The monoisotopic (exact) mass is 485 g/mol. The summed E-state index contributed by atoms with van der Waals surface area (Å²) < 4.78 is 2.30. The third-order valence-corrected chi connectivity index (χ3v) is 7.98. The number of hydrogen-bond acceptors (Lipinski definition) is 6. The molecule has 0 spiro atoms. The van der Waals surface area contributed by atoms with E-state index in [9.17, 15) is 19.5 Å². The molecular formula is C24H27N3O4S2. The number of hydrogen-bond donors (Lipinski definition) is 2. The highest BCUT2D eigenvalue weighted by Crippen LogP contribution is 2.31. The topological polar surface area (TPSA) is 101 Å². The third-order valence-electron chi connectivity index (χ3n) is 6.11. The summed E-state index contributed by atoms with van der Waals surface area (Å²) in [5.74, 6) is -0.747. The van der Waals surface area contributed by atoms with Crippen molar-refractivity contribution in [1.82, 2.24) is 14.9 Å². The van der Waals surface area contributed by atoms with Crippen LogP contribution >= 0.6 is 23.1 Å². The number of fused-ring (bicyclic) bond motifs is 1.